The van der Waals surface area contributed by atoms with Gasteiger partial charge < -0.3 is 59.9 Å². The SMILES string of the molecule is CON.OC[C@H]1O[C@H](O[C@H]2[C@H](O)[C@@H](O)[C@H](O)O[C@@H]2CO)[C@H](O)[C@@H](O)[C@@H]1O. The predicted molar refractivity (Wildman–Crippen MR) is 79.8 cm³/mol. The summed E-state index contributed by atoms with van der Waals surface area (Å²) in [6, 6.07) is 0. The van der Waals surface area contributed by atoms with Crippen molar-refractivity contribution < 1.29 is 59.9 Å². The molecule has 13 heteroatoms. The number of hydrogen-bond acceptors (Lipinski definition) is 13. The molecule has 2 aliphatic heterocycles. The molecule has 156 valence electrons. The number of hydrogen-bond donors (Lipinski definition) is 9. The fourth-order valence-electron chi connectivity index (χ4n) is 2.57. The summed E-state index contributed by atoms with van der Waals surface area (Å²) in [7, 11) is 1.40. The maximum Gasteiger partial charge on any atom is 0.187 e. The molecule has 0 bridgehead atoms. The highest BCUT2D eigenvalue weighted by molar-refractivity contribution is 4.93. The summed E-state index contributed by atoms with van der Waals surface area (Å²) in [6.07, 6.45) is -15.6. The predicted octanol–water partition coefficient (Wildman–Crippen LogP) is -5.89. The zero-order chi connectivity index (χ0) is 20.0. The van der Waals surface area contributed by atoms with Crippen LogP contribution in [0.4, 0.5) is 0 Å². The third-order valence-corrected chi connectivity index (χ3v) is 3.98. The first-order valence-corrected chi connectivity index (χ1v) is 7.72. The lowest BCUT2D eigenvalue weighted by Gasteiger charge is -2.45. The van der Waals surface area contributed by atoms with Gasteiger partial charge in [0, 0.05) is 0 Å². The number of nitrogens with two attached hydrogens (primary N) is 1. The molecule has 2 saturated heterocycles. The first-order valence-electron chi connectivity index (χ1n) is 7.72. The van der Waals surface area contributed by atoms with Crippen molar-refractivity contribution in [3.63, 3.8) is 0 Å². The number of rotatable bonds is 4. The molecule has 13 nitrogen and oxygen atoms in total. The molecule has 2 fully saturated rings. The standard InChI is InChI=1S/C12H22O11.CH5NO/c13-1-3-5(15)6(16)9(19)12(22-3)23-10-4(2-14)21-11(20)8(18)7(10)17;1-3-2/h3-20H,1-2H2;2H2,1H3/t3-,4-,5-,6+,7-,8-,9-,10-,11-,12-;/m1./s1. The van der Waals surface area contributed by atoms with Gasteiger partial charge in [-0.2, -0.15) is 0 Å². The van der Waals surface area contributed by atoms with Crippen molar-refractivity contribution in [2.45, 2.75) is 61.4 Å². The second-order valence-electron chi connectivity index (χ2n) is 5.76. The van der Waals surface area contributed by atoms with E-state index in [0.29, 0.717) is 0 Å². The van der Waals surface area contributed by atoms with Crippen LogP contribution in [0.5, 0.6) is 0 Å². The summed E-state index contributed by atoms with van der Waals surface area (Å²) in [5, 5.41) is 76.5. The van der Waals surface area contributed by atoms with E-state index in [4.69, 9.17) is 19.3 Å². The van der Waals surface area contributed by atoms with Gasteiger partial charge in [-0.15, -0.1) is 0 Å². The molecule has 2 heterocycles. The molecular formula is C13H27NO12. The van der Waals surface area contributed by atoms with Gasteiger partial charge in [0.05, 0.1) is 20.3 Å². The summed E-state index contributed by atoms with van der Waals surface area (Å²) in [6.45, 7) is -1.35. The second-order valence-corrected chi connectivity index (χ2v) is 5.76. The summed E-state index contributed by atoms with van der Waals surface area (Å²) >= 11 is 0. The van der Waals surface area contributed by atoms with Gasteiger partial charge in [-0.1, -0.05) is 0 Å². The highest BCUT2D eigenvalue weighted by Gasteiger charge is 2.50. The highest BCUT2D eigenvalue weighted by atomic mass is 16.7. The van der Waals surface area contributed by atoms with E-state index in [1.165, 1.54) is 7.11 Å². The molecule has 0 radical (unpaired) electrons. The van der Waals surface area contributed by atoms with E-state index in [1.807, 2.05) is 0 Å². The van der Waals surface area contributed by atoms with Crippen LogP contribution in [0.1, 0.15) is 0 Å². The molecule has 10 N–H and O–H groups in total. The molecule has 26 heavy (non-hydrogen) atoms. The lowest BCUT2D eigenvalue weighted by Crippen LogP contribution is -2.64. The van der Waals surface area contributed by atoms with Crippen molar-refractivity contribution >= 4 is 0 Å². The van der Waals surface area contributed by atoms with Gasteiger partial charge in [0.1, 0.15) is 48.8 Å². The maximum absolute atomic E-state index is 9.94. The largest absolute Gasteiger partial charge is 0.394 e. The van der Waals surface area contributed by atoms with E-state index in [0.717, 1.165) is 0 Å². The van der Waals surface area contributed by atoms with Gasteiger partial charge in [0.25, 0.3) is 0 Å². The normalized spacial score (nSPS) is 46.4. The first-order chi connectivity index (χ1) is 12.2. The molecule has 0 amide bonds. The maximum atomic E-state index is 9.94. The fraction of sp³-hybridized carbons (Fsp3) is 1.00. The minimum Gasteiger partial charge on any atom is -0.394 e. The van der Waals surface area contributed by atoms with Crippen molar-refractivity contribution in [3.05, 3.63) is 0 Å². The topological polar surface area (TPSA) is 225 Å². The molecule has 0 saturated carbocycles. The third-order valence-electron chi connectivity index (χ3n) is 3.98. The van der Waals surface area contributed by atoms with E-state index in [1.54, 1.807) is 0 Å². The van der Waals surface area contributed by atoms with E-state index >= 15 is 0 Å². The van der Waals surface area contributed by atoms with Crippen molar-refractivity contribution in [3.8, 4) is 0 Å². The number of aliphatic hydroxyl groups excluding tert-OH is 8. The Morgan fingerprint density at radius 2 is 1.31 bits per heavy atom. The van der Waals surface area contributed by atoms with E-state index < -0.39 is 74.6 Å². The second kappa shape index (κ2) is 10.7. The molecular weight excluding hydrogens is 362 g/mol. The molecule has 0 aromatic carbocycles. The van der Waals surface area contributed by atoms with Crippen LogP contribution >= 0.6 is 0 Å². The van der Waals surface area contributed by atoms with Crippen molar-refractivity contribution in [2.75, 3.05) is 20.3 Å². The minimum atomic E-state index is -1.74. The van der Waals surface area contributed by atoms with Gasteiger partial charge >= 0.3 is 0 Å². The van der Waals surface area contributed by atoms with Crippen molar-refractivity contribution in [1.82, 2.24) is 0 Å². The van der Waals surface area contributed by atoms with Crippen LogP contribution in [-0.2, 0) is 19.0 Å². The molecule has 10 atom stereocenters. The summed E-state index contributed by atoms with van der Waals surface area (Å²) < 4.78 is 15.3. The van der Waals surface area contributed by atoms with Gasteiger partial charge in [-0.3, -0.25) is 0 Å². The zero-order valence-corrected chi connectivity index (χ0v) is 14.0. The van der Waals surface area contributed by atoms with Crippen LogP contribution in [-0.4, -0.2) is 123 Å². The Morgan fingerprint density at radius 1 is 0.769 bits per heavy atom. The summed E-state index contributed by atoms with van der Waals surface area (Å²) in [5.74, 6) is 4.35. The zero-order valence-electron chi connectivity index (χ0n) is 14.0. The molecule has 0 aromatic heterocycles. The van der Waals surface area contributed by atoms with E-state index in [2.05, 4.69) is 10.7 Å². The highest BCUT2D eigenvalue weighted by Crippen LogP contribution is 2.28. The quantitative estimate of drug-likeness (QED) is 0.204. The Bertz CT molecular complexity index is 399. The van der Waals surface area contributed by atoms with E-state index in [-0.39, 0.29) is 0 Å². The Morgan fingerprint density at radius 3 is 1.81 bits per heavy atom. The van der Waals surface area contributed by atoms with Crippen molar-refractivity contribution in [2.24, 2.45) is 5.90 Å². The third kappa shape index (κ3) is 5.26. The lowest BCUT2D eigenvalue weighted by atomic mass is 9.97. The van der Waals surface area contributed by atoms with Gasteiger partial charge in [-0.05, 0) is 0 Å². The fourth-order valence-corrected chi connectivity index (χ4v) is 2.57. The van der Waals surface area contributed by atoms with E-state index in [9.17, 15) is 35.7 Å². The Hall–Kier alpha value is -0.520. The molecule has 0 aliphatic carbocycles. The van der Waals surface area contributed by atoms with Gasteiger partial charge in [-0.25, -0.2) is 5.90 Å². The number of ether oxygens (including phenoxy) is 3. The van der Waals surface area contributed by atoms with Crippen LogP contribution in [0.15, 0.2) is 0 Å². The van der Waals surface area contributed by atoms with Crippen molar-refractivity contribution in [1.29, 1.82) is 0 Å². The average molecular weight is 389 g/mol. The van der Waals surface area contributed by atoms with Gasteiger partial charge in [0.2, 0.25) is 0 Å². The molecule has 0 aromatic rings. The van der Waals surface area contributed by atoms with Crippen LogP contribution in [0, 0.1) is 0 Å². The molecule has 0 spiro atoms. The molecule has 0 unspecified atom stereocenters. The van der Waals surface area contributed by atoms with Crippen LogP contribution in [0.25, 0.3) is 0 Å². The Kier molecular flexibility index (Phi) is 9.70. The molecule has 2 rings (SSSR count). The lowest BCUT2D eigenvalue weighted by molar-refractivity contribution is -0.355. The summed E-state index contributed by atoms with van der Waals surface area (Å²) in [5.41, 5.74) is 0. The molecule has 2 aliphatic rings. The summed E-state index contributed by atoms with van der Waals surface area (Å²) in [4.78, 5) is 3.75. The smallest absolute Gasteiger partial charge is 0.187 e. The van der Waals surface area contributed by atoms with Crippen LogP contribution < -0.4 is 5.90 Å². The average Bonchev–Trinajstić information content (AvgIpc) is 2.62. The van der Waals surface area contributed by atoms with Crippen LogP contribution in [0.2, 0.25) is 0 Å². The monoisotopic (exact) mass is 389 g/mol. The minimum absolute atomic E-state index is 0.667. The Labute approximate surface area is 148 Å². The van der Waals surface area contributed by atoms with Gasteiger partial charge in [0.15, 0.2) is 12.6 Å². The van der Waals surface area contributed by atoms with Crippen LogP contribution in [0.3, 0.4) is 0 Å². The number of aliphatic hydroxyl groups is 8. The Balaban J connectivity index is 0.00000105. The first kappa shape index (κ1) is 23.5.